The van der Waals surface area contributed by atoms with Crippen molar-refractivity contribution in [3.63, 3.8) is 0 Å². The monoisotopic (exact) mass is 1060 g/mol. The van der Waals surface area contributed by atoms with Crippen molar-refractivity contribution >= 4 is 49.5 Å². The van der Waals surface area contributed by atoms with Crippen molar-refractivity contribution in [1.29, 1.82) is 10.5 Å². The number of allylic oxidation sites excluding steroid dienone is 1. The highest BCUT2D eigenvalue weighted by Crippen LogP contribution is 2.31. The van der Waals surface area contributed by atoms with Crippen LogP contribution in [0.15, 0.2) is 72.3 Å². The Labute approximate surface area is 390 Å². The number of nitriles is 2. The summed E-state index contributed by atoms with van der Waals surface area (Å²) in [6, 6.07) is 20.2. The van der Waals surface area contributed by atoms with Gasteiger partial charge in [-0.05, 0) is 6.08 Å². The number of benzene rings is 6. The van der Waals surface area contributed by atoms with Gasteiger partial charge >= 0.3 is 0 Å². The lowest BCUT2D eigenvalue weighted by Crippen LogP contribution is -2.81. The molecule has 0 spiro atoms. The SMILES string of the molecule is Fc1c(F)c(F)c([B-](c2c(F)c(F)c(F)c(F)c2F)(c2c(F)c(F)c(F)c(F)c2F)c2c(F)c(F)c(F)c(F)c2F)c(F)c1F.N#CC(C#N)=CC[S+](=O)(CC(=O)c1ccccc1)CC(=O)c1ccccc1. The first-order chi connectivity index (χ1) is 33.7. The maximum absolute atomic E-state index is 15.4. The first-order valence-corrected chi connectivity index (χ1v) is 21.1. The predicted octanol–water partition coefficient (Wildman–Crippen LogP) is 9.07. The minimum atomic E-state index is -7.22. The summed E-state index contributed by atoms with van der Waals surface area (Å²) < 4.78 is 307. The van der Waals surface area contributed by atoms with Gasteiger partial charge in [0, 0.05) is 11.1 Å². The molecule has 0 bridgehead atoms. The Kier molecular flexibility index (Phi) is 16.3. The lowest BCUT2D eigenvalue weighted by atomic mass is 9.12. The molecule has 0 saturated carbocycles. The van der Waals surface area contributed by atoms with Crippen LogP contribution in [0.2, 0.25) is 0 Å². The minimum absolute atomic E-state index is 0.180. The maximum Gasteiger partial charge on any atom is 0.211 e. The van der Waals surface area contributed by atoms with E-state index >= 15 is 35.1 Å². The van der Waals surface area contributed by atoms with Gasteiger partial charge in [0.2, 0.25) is 11.6 Å². The molecule has 0 amide bonds. The van der Waals surface area contributed by atoms with Crippen molar-refractivity contribution in [1.82, 2.24) is 0 Å². The van der Waals surface area contributed by atoms with Gasteiger partial charge in [0.1, 0.15) is 86.1 Å². The van der Waals surface area contributed by atoms with E-state index in [-0.39, 0.29) is 34.4 Å². The number of hydrogen-bond donors (Lipinski definition) is 0. The highest BCUT2D eigenvalue weighted by atomic mass is 32.2. The molecule has 6 aromatic rings. The molecular formula is C45H17BF20N2O3S. The van der Waals surface area contributed by atoms with E-state index in [4.69, 9.17) is 10.5 Å². The molecular weight excluding hydrogens is 1040 g/mol. The average Bonchev–Trinajstić information content (AvgIpc) is 3.37. The third kappa shape index (κ3) is 9.55. The van der Waals surface area contributed by atoms with Crippen LogP contribution >= 0.6 is 0 Å². The summed E-state index contributed by atoms with van der Waals surface area (Å²) in [4.78, 5) is 25.0. The minimum Gasteiger partial charge on any atom is -0.289 e. The van der Waals surface area contributed by atoms with Crippen LogP contribution in [-0.2, 0) is 14.1 Å². The Morgan fingerprint density at radius 2 is 0.597 bits per heavy atom. The van der Waals surface area contributed by atoms with Crippen LogP contribution in [0.1, 0.15) is 20.7 Å². The number of rotatable bonds is 12. The van der Waals surface area contributed by atoms with Crippen molar-refractivity contribution in [2.75, 3.05) is 17.3 Å². The van der Waals surface area contributed by atoms with Crippen molar-refractivity contribution in [2.45, 2.75) is 0 Å². The predicted molar refractivity (Wildman–Crippen MR) is 213 cm³/mol. The summed E-state index contributed by atoms with van der Waals surface area (Å²) in [6.45, 7) is 0. The van der Waals surface area contributed by atoms with E-state index in [9.17, 15) is 66.5 Å². The number of Topliss-reactive ketones (excluding diaryl/α,β-unsaturated/α-hetero) is 2. The molecule has 0 heterocycles. The molecule has 0 N–H and O–H groups in total. The second-order valence-corrected chi connectivity index (χ2v) is 17.5. The van der Waals surface area contributed by atoms with Crippen LogP contribution in [0, 0.1) is 139 Å². The molecule has 27 heteroatoms. The Morgan fingerprint density at radius 3 is 0.806 bits per heavy atom. The Balaban J connectivity index is 0.000000304. The van der Waals surface area contributed by atoms with E-state index in [1.165, 1.54) is 6.08 Å². The fourth-order valence-corrected chi connectivity index (χ4v) is 9.38. The number of hydrogen-bond acceptors (Lipinski definition) is 5. The molecule has 0 aliphatic heterocycles. The van der Waals surface area contributed by atoms with Gasteiger partial charge < -0.3 is 0 Å². The van der Waals surface area contributed by atoms with E-state index in [0.717, 1.165) is 0 Å². The van der Waals surface area contributed by atoms with E-state index < -0.39 is 154 Å². The van der Waals surface area contributed by atoms with Crippen molar-refractivity contribution < 1.29 is 102 Å². The number of nitrogens with zero attached hydrogens (tertiary/aromatic N) is 2. The zero-order valence-corrected chi connectivity index (χ0v) is 35.5. The maximum atomic E-state index is 15.4. The molecule has 0 aliphatic rings. The Bertz CT molecular complexity index is 2930. The summed E-state index contributed by atoms with van der Waals surface area (Å²) in [5, 5.41) is 17.8. The van der Waals surface area contributed by atoms with Crippen LogP contribution in [0.5, 0.6) is 0 Å². The first kappa shape index (κ1) is 55.1. The molecule has 0 aliphatic carbocycles. The van der Waals surface area contributed by atoms with Gasteiger partial charge in [0.25, 0.3) is 0 Å². The number of halogens is 20. The molecule has 0 aromatic heterocycles. The summed E-state index contributed by atoms with van der Waals surface area (Å²) in [5.74, 6) is -72.9. The quantitative estimate of drug-likeness (QED) is 0.0232. The molecule has 0 atom stereocenters. The molecule has 72 heavy (non-hydrogen) atoms. The van der Waals surface area contributed by atoms with E-state index in [0.29, 0.717) is 11.1 Å². The normalized spacial score (nSPS) is 11.4. The molecule has 0 radical (unpaired) electrons. The van der Waals surface area contributed by atoms with Gasteiger partial charge in [-0.25, -0.2) is 87.8 Å². The van der Waals surface area contributed by atoms with Crippen LogP contribution in [0.25, 0.3) is 0 Å². The van der Waals surface area contributed by atoms with Gasteiger partial charge in [-0.1, -0.05) is 60.7 Å². The van der Waals surface area contributed by atoms with E-state index in [1.807, 2.05) is 0 Å². The first-order valence-electron chi connectivity index (χ1n) is 19.0. The number of ketones is 2. The zero-order valence-electron chi connectivity index (χ0n) is 34.6. The van der Waals surface area contributed by atoms with Gasteiger partial charge in [-0.15, -0.1) is 26.1 Å². The smallest absolute Gasteiger partial charge is 0.211 e. The highest BCUT2D eigenvalue weighted by Gasteiger charge is 2.52. The highest BCUT2D eigenvalue weighted by molar-refractivity contribution is 8.04. The van der Waals surface area contributed by atoms with Crippen molar-refractivity contribution in [3.8, 4) is 12.1 Å². The van der Waals surface area contributed by atoms with E-state index in [2.05, 4.69) is 0 Å². The molecule has 0 saturated heterocycles. The van der Waals surface area contributed by atoms with Gasteiger partial charge in [-0.2, -0.15) is 10.5 Å². The summed E-state index contributed by atoms with van der Waals surface area (Å²) in [6.07, 6.45) is -5.98. The fourth-order valence-electron chi connectivity index (χ4n) is 7.29. The van der Waals surface area contributed by atoms with Crippen molar-refractivity contribution in [3.05, 3.63) is 200 Å². The molecule has 5 nitrogen and oxygen atoms in total. The topological polar surface area (TPSA) is 98.8 Å². The summed E-state index contributed by atoms with van der Waals surface area (Å²) in [7, 11) is -2.98. The standard InChI is InChI=1S/C24BF20.C21H17N2O3S/c26-5-1(6(27)14(35)21(42)13(5)34)25(2-7(28)15(36)22(43)16(37)8(2)29,3-9(30)17(38)23(44)18(39)10(3)31)4-11(32)19(40)24(45)20(41)12(4)33;22-13-17(14-23)11-12-27(26,15-20(24)18-7-3-1-4-8-18)16-21(25)19-9-5-2-6-10-19/h;1-11H,12,15-16H2/q-1;+1. The molecule has 374 valence electrons. The van der Waals surface area contributed by atoms with Crippen LogP contribution in [-0.4, -0.2) is 35.0 Å². The summed E-state index contributed by atoms with van der Waals surface area (Å²) >= 11 is 0. The van der Waals surface area contributed by atoms with Gasteiger partial charge in [0.15, 0.2) is 81.3 Å². The van der Waals surface area contributed by atoms with Crippen LogP contribution in [0.3, 0.4) is 0 Å². The number of carbonyl (C=O) groups excluding carboxylic acids is 2. The Hall–Kier alpha value is -7.81. The lowest BCUT2D eigenvalue weighted by molar-refractivity contribution is 0.102. The van der Waals surface area contributed by atoms with Gasteiger partial charge in [-0.3, -0.25) is 9.59 Å². The fraction of sp³-hybridized carbons (Fsp3) is 0.0667. The second-order valence-electron chi connectivity index (χ2n) is 14.6. The largest absolute Gasteiger partial charge is 0.289 e. The van der Waals surface area contributed by atoms with E-state index in [1.54, 1.807) is 72.8 Å². The molecule has 6 rings (SSSR count). The molecule has 0 fully saturated rings. The third-order valence-electron chi connectivity index (χ3n) is 10.5. The van der Waals surface area contributed by atoms with Crippen LogP contribution in [0.4, 0.5) is 87.8 Å². The average molecular weight is 1060 g/mol. The van der Waals surface area contributed by atoms with Gasteiger partial charge in [0.05, 0.1) is 0 Å². The Morgan fingerprint density at radius 1 is 0.389 bits per heavy atom. The van der Waals surface area contributed by atoms with Crippen molar-refractivity contribution in [2.24, 2.45) is 0 Å². The van der Waals surface area contributed by atoms with Crippen LogP contribution < -0.4 is 21.9 Å². The third-order valence-corrected chi connectivity index (χ3v) is 12.9. The lowest BCUT2D eigenvalue weighted by Gasteiger charge is -2.44. The second kappa shape index (κ2) is 21.3. The summed E-state index contributed by atoms with van der Waals surface area (Å²) in [5.41, 5.74) is -13.7. The number of carbonyl (C=O) groups is 2. The molecule has 6 aromatic carbocycles. The zero-order chi connectivity index (χ0) is 54.1. The molecule has 0 unspecified atom stereocenters.